The number of ether oxygens (including phenoxy) is 2. The molecule has 8 nitrogen and oxygen atoms in total. The van der Waals surface area contributed by atoms with Gasteiger partial charge in [0.1, 0.15) is 70.5 Å². The maximum atomic E-state index is 13.5. The van der Waals surface area contributed by atoms with Crippen LogP contribution < -0.4 is 14.2 Å². The Bertz CT molecular complexity index is 4360. The summed E-state index contributed by atoms with van der Waals surface area (Å²) in [5, 5.41) is 0. The Kier molecular flexibility index (Phi) is 50.6. The van der Waals surface area contributed by atoms with E-state index in [2.05, 4.69) is 110 Å². The fourth-order valence-corrected chi connectivity index (χ4v) is 12.3. The first-order chi connectivity index (χ1) is 55.7. The van der Waals surface area contributed by atoms with Crippen LogP contribution in [0.4, 0.5) is 39.5 Å². The summed E-state index contributed by atoms with van der Waals surface area (Å²) in [6.45, 7) is 45.0. The third-order valence-electron chi connectivity index (χ3n) is 19.2. The number of likely N-dealkylation sites (N-methyl/N-ethyl adjacent to an activating group) is 1. The normalized spacial score (nSPS) is 11.8. The molecule has 9 aromatic rings. The van der Waals surface area contributed by atoms with Crippen molar-refractivity contribution in [2.45, 2.75) is 230 Å². The molecule has 0 aliphatic carbocycles. The summed E-state index contributed by atoms with van der Waals surface area (Å²) in [4.78, 5) is 6.70. The van der Waals surface area contributed by atoms with Gasteiger partial charge in [-0.2, -0.15) is 0 Å². The molecule has 0 aromatic heterocycles. The summed E-state index contributed by atoms with van der Waals surface area (Å²) < 4.78 is 151. The number of nitrogens with zero attached hydrogens (tertiary/aromatic N) is 3. The smallest absolute Gasteiger partial charge is 0.209 e. The molecule has 1 aliphatic rings. The standard InChI is InChI=1S/C16H24FN.C14H22FN.C13H20FNO.C11H16FNO2S.C10H13FO.C10H13F.3C9H11F/c1-13(2)15-10-14(11-16(17)12-15)6-5-9-18-7-3-4-8-18;1-11(2)13-8-12(9-14(15)10-13)6-5-7-16(3)4;1-10(2)11-7-12(14)9-13(8-11)16-6-5-15(3)4;1-8(2)10-4-9(5-11(12)6-10)7-13-16(3,14)15;1-7(2)8-4-9(11)6-10(5-8)12-3;1-7(2)9-4-8(3)5-10(11)6-9;1-7(2)8-3-5-9(10)6-4-8;1-7(2)8-4-3-5-9(10)6-8;1-7(2)8-5-3-4-6-9(8)10/h10-13H,3-9H2,1-2H3;8-11H,5-7H2,1-4H3;7-10H,5-6H2,1-4H3;4-6,8,13H,7H2,1-3H3;4-7H,1-3H3;4-7H,1-3H3;3*3-7H,1-2H3. The number of benzene rings is 9. The maximum Gasteiger partial charge on any atom is 0.209 e. The van der Waals surface area contributed by atoms with Crippen molar-refractivity contribution in [3.8, 4) is 11.5 Å². The summed E-state index contributed by atoms with van der Waals surface area (Å²) in [7, 11) is 6.38. The minimum atomic E-state index is -3.24. The number of methoxy groups -OCH3 is 1. The predicted octanol–water partition coefficient (Wildman–Crippen LogP) is 27.4. The van der Waals surface area contributed by atoms with Gasteiger partial charge in [0.05, 0.1) is 13.4 Å². The quantitative estimate of drug-likeness (QED) is 0.0572. The number of sulfonamides is 1. The van der Waals surface area contributed by atoms with Crippen molar-refractivity contribution in [3.63, 3.8) is 0 Å². The first-order valence-corrected chi connectivity index (χ1v) is 43.8. The Morgan fingerprint density at radius 2 is 0.765 bits per heavy atom. The van der Waals surface area contributed by atoms with Crippen LogP contribution in [0, 0.1) is 59.3 Å². The summed E-state index contributed by atoms with van der Waals surface area (Å²) >= 11 is 0. The van der Waals surface area contributed by atoms with Crippen molar-refractivity contribution in [1.82, 2.24) is 19.4 Å². The lowest BCUT2D eigenvalue weighted by Crippen LogP contribution is -2.21. The largest absolute Gasteiger partial charge is 0.497 e. The molecule has 0 radical (unpaired) electrons. The second-order valence-corrected chi connectivity index (χ2v) is 35.5. The van der Waals surface area contributed by atoms with Gasteiger partial charge in [0.15, 0.2) is 0 Å². The van der Waals surface area contributed by atoms with Gasteiger partial charge in [0.2, 0.25) is 10.0 Å². The van der Waals surface area contributed by atoms with Crippen LogP contribution in [0.5, 0.6) is 11.5 Å². The van der Waals surface area contributed by atoms with Crippen LogP contribution in [0.25, 0.3) is 0 Å². The number of aryl methyl sites for hydroxylation is 3. The lowest BCUT2D eigenvalue weighted by molar-refractivity contribution is 0.260. The summed E-state index contributed by atoms with van der Waals surface area (Å²) in [5.74, 6) is 2.90. The van der Waals surface area contributed by atoms with E-state index in [9.17, 15) is 47.9 Å². The van der Waals surface area contributed by atoms with Crippen LogP contribution in [0.2, 0.25) is 0 Å². The number of halogens is 9. The molecule has 1 fully saturated rings. The van der Waals surface area contributed by atoms with Gasteiger partial charge in [-0.3, -0.25) is 0 Å². The van der Waals surface area contributed by atoms with Crippen molar-refractivity contribution in [2.75, 3.05) is 80.9 Å². The van der Waals surface area contributed by atoms with Crippen molar-refractivity contribution in [1.29, 1.82) is 0 Å². The van der Waals surface area contributed by atoms with Gasteiger partial charge in [0, 0.05) is 25.2 Å². The zero-order valence-corrected chi connectivity index (χ0v) is 76.8. The molecule has 18 heteroatoms. The zero-order chi connectivity index (χ0) is 89.8. The predicted molar refractivity (Wildman–Crippen MR) is 482 cm³/mol. The van der Waals surface area contributed by atoms with Crippen LogP contribution in [-0.2, 0) is 29.4 Å². The maximum absolute atomic E-state index is 13.5. The fourth-order valence-electron chi connectivity index (χ4n) is 11.9. The van der Waals surface area contributed by atoms with E-state index in [-0.39, 0.29) is 70.7 Å². The van der Waals surface area contributed by atoms with Gasteiger partial charge in [-0.1, -0.05) is 191 Å². The lowest BCUT2D eigenvalue weighted by Gasteiger charge is -2.14. The third kappa shape index (κ3) is 47.5. The average molecular weight is 1680 g/mol. The molecule has 0 saturated carbocycles. The highest BCUT2D eigenvalue weighted by Gasteiger charge is 2.14. The van der Waals surface area contributed by atoms with Crippen molar-refractivity contribution in [3.05, 3.63) is 307 Å². The molecule has 1 N–H and O–H groups in total. The first kappa shape index (κ1) is 107. The molecule has 0 bridgehead atoms. The van der Waals surface area contributed by atoms with E-state index in [1.165, 1.54) is 86.1 Å². The summed E-state index contributed by atoms with van der Waals surface area (Å²) in [5.41, 5.74) is 13.0. The Labute approximate surface area is 711 Å². The van der Waals surface area contributed by atoms with Gasteiger partial charge < -0.3 is 24.2 Å². The highest BCUT2D eigenvalue weighted by Crippen LogP contribution is 2.27. The molecule has 1 aliphatic heterocycles. The van der Waals surface area contributed by atoms with Gasteiger partial charge in [-0.15, -0.1) is 0 Å². The van der Waals surface area contributed by atoms with E-state index < -0.39 is 10.0 Å². The second-order valence-electron chi connectivity index (χ2n) is 33.7. The van der Waals surface area contributed by atoms with E-state index in [0.29, 0.717) is 65.1 Å². The number of hydrogen-bond acceptors (Lipinski definition) is 7. The molecule has 10 rings (SSSR count). The minimum absolute atomic E-state index is 0.0858. The molecule has 0 atom stereocenters. The zero-order valence-electron chi connectivity index (χ0n) is 76.0. The highest BCUT2D eigenvalue weighted by molar-refractivity contribution is 7.88. The first-order valence-electron chi connectivity index (χ1n) is 41.9. The fraction of sp³-hybridized carbons (Fsp3) is 0.465. The Hall–Kier alpha value is -8.26. The van der Waals surface area contributed by atoms with E-state index in [0.717, 1.165) is 113 Å². The van der Waals surface area contributed by atoms with Crippen molar-refractivity contribution in [2.24, 2.45) is 0 Å². The third-order valence-corrected chi connectivity index (χ3v) is 19.8. The Balaban J connectivity index is 0.000000457. The van der Waals surface area contributed by atoms with Crippen LogP contribution in [0.3, 0.4) is 0 Å². The summed E-state index contributed by atoms with van der Waals surface area (Å²) in [6.07, 6.45) is 7.93. The van der Waals surface area contributed by atoms with E-state index in [4.69, 9.17) is 9.47 Å². The van der Waals surface area contributed by atoms with Crippen LogP contribution in [0.1, 0.15) is 276 Å². The highest BCUT2D eigenvalue weighted by atomic mass is 32.2. The van der Waals surface area contributed by atoms with Crippen molar-refractivity contribution >= 4 is 10.0 Å². The average Bonchev–Trinajstić information content (AvgIpc) is 1.71. The number of rotatable bonds is 25. The monoisotopic (exact) mass is 1680 g/mol. The van der Waals surface area contributed by atoms with Crippen molar-refractivity contribution < 1.29 is 57.4 Å². The number of hydrogen-bond donors (Lipinski definition) is 1. The van der Waals surface area contributed by atoms with Gasteiger partial charge >= 0.3 is 0 Å². The van der Waals surface area contributed by atoms with E-state index in [1.54, 1.807) is 67.8 Å². The number of likely N-dealkylation sites (tertiary alicyclic amines) is 1. The molecule has 9 aromatic carbocycles. The molecule has 0 amide bonds. The van der Waals surface area contributed by atoms with Gasteiger partial charge in [-0.05, 0) is 329 Å². The molecular formula is C101H141F9N4O4S. The molecule has 0 spiro atoms. The molecule has 658 valence electrons. The molecule has 0 unspecified atom stereocenters. The SMILES string of the molecule is CC(C)c1cc(F)cc(CCCN(C)C)c1.CC(C)c1cc(F)cc(CCCN2CCCC2)c1.CC(C)c1cc(F)cc(CNS(C)(=O)=O)c1.CC(C)c1cc(F)cc(OCCN(C)C)c1.CC(C)c1ccc(F)cc1.CC(C)c1cccc(F)c1.CC(C)c1ccccc1F.COc1cc(F)cc(C(C)C)c1.Cc1cc(F)cc(C(C)C)c1. The van der Waals surface area contributed by atoms with Gasteiger partial charge in [-0.25, -0.2) is 52.7 Å². The molecule has 1 heterocycles. The molecule has 119 heavy (non-hydrogen) atoms. The van der Waals surface area contributed by atoms with Crippen LogP contribution >= 0.6 is 0 Å². The van der Waals surface area contributed by atoms with Crippen LogP contribution in [0.15, 0.2) is 182 Å². The lowest BCUT2D eigenvalue weighted by atomic mass is 9.98. The second kappa shape index (κ2) is 56.4. The minimum Gasteiger partial charge on any atom is -0.497 e. The van der Waals surface area contributed by atoms with E-state index >= 15 is 0 Å². The topological polar surface area (TPSA) is 74.3 Å². The van der Waals surface area contributed by atoms with Gasteiger partial charge in [0.25, 0.3) is 0 Å². The molecular weight excluding hydrogens is 1540 g/mol. The Morgan fingerprint density at radius 3 is 1.16 bits per heavy atom. The summed E-state index contributed by atoms with van der Waals surface area (Å²) in [6, 6.07) is 50.6. The molecule has 1 saturated heterocycles. The Morgan fingerprint density at radius 1 is 0.378 bits per heavy atom. The number of nitrogens with one attached hydrogen (secondary N) is 1. The van der Waals surface area contributed by atoms with Crippen LogP contribution in [-0.4, -0.2) is 104 Å². The van der Waals surface area contributed by atoms with E-state index in [1.807, 2.05) is 136 Å².